The normalized spacial score (nSPS) is 12.7. The fourth-order valence-corrected chi connectivity index (χ4v) is 1.12. The van der Waals surface area contributed by atoms with E-state index in [1.54, 1.807) is 34.6 Å². The Balaban J connectivity index is 3.84. The monoisotopic (exact) mass is 230 g/mol. The number of carbonyl (C=O) groups excluding carboxylic acids is 2. The second-order valence-electron chi connectivity index (χ2n) is 4.46. The minimum absolute atomic E-state index is 0.106. The van der Waals surface area contributed by atoms with Crippen molar-refractivity contribution in [2.24, 2.45) is 5.92 Å². The van der Waals surface area contributed by atoms with Gasteiger partial charge in [-0.15, -0.1) is 0 Å². The summed E-state index contributed by atoms with van der Waals surface area (Å²) in [7, 11) is 0. The van der Waals surface area contributed by atoms with Crippen LogP contribution in [0.2, 0.25) is 0 Å². The van der Waals surface area contributed by atoms with Crippen molar-refractivity contribution in [3.63, 3.8) is 0 Å². The molecule has 1 unspecified atom stereocenters. The lowest BCUT2D eigenvalue weighted by molar-refractivity contribution is -0.153. The first-order valence-electron chi connectivity index (χ1n) is 5.73. The Morgan fingerprint density at radius 1 is 0.938 bits per heavy atom. The number of rotatable bonds is 6. The molecule has 0 bridgehead atoms. The van der Waals surface area contributed by atoms with Crippen molar-refractivity contribution >= 4 is 11.9 Å². The molecule has 4 heteroatoms. The molecule has 0 rings (SSSR count). The summed E-state index contributed by atoms with van der Waals surface area (Å²) in [6.45, 7) is 8.96. The van der Waals surface area contributed by atoms with E-state index < -0.39 is 0 Å². The molecule has 0 amide bonds. The predicted octanol–water partition coefficient (Wildman–Crippen LogP) is 2.31. The second kappa shape index (κ2) is 7.25. The number of carbonyl (C=O) groups is 2. The van der Waals surface area contributed by atoms with Gasteiger partial charge in [0.05, 0.1) is 18.1 Å². The van der Waals surface area contributed by atoms with E-state index in [2.05, 4.69) is 0 Å². The van der Waals surface area contributed by atoms with E-state index in [-0.39, 0.29) is 36.5 Å². The van der Waals surface area contributed by atoms with Crippen molar-refractivity contribution in [3.8, 4) is 0 Å². The van der Waals surface area contributed by atoms with Gasteiger partial charge in [0.1, 0.15) is 0 Å². The van der Waals surface area contributed by atoms with Gasteiger partial charge in [-0.05, 0) is 34.1 Å². The average Bonchev–Trinajstić information content (AvgIpc) is 2.11. The van der Waals surface area contributed by atoms with Gasteiger partial charge in [-0.2, -0.15) is 0 Å². The third-order valence-electron chi connectivity index (χ3n) is 1.90. The van der Waals surface area contributed by atoms with Crippen LogP contribution in [0.4, 0.5) is 0 Å². The lowest BCUT2D eigenvalue weighted by Gasteiger charge is -2.14. The van der Waals surface area contributed by atoms with E-state index in [1.165, 1.54) is 0 Å². The van der Waals surface area contributed by atoms with E-state index in [0.29, 0.717) is 6.42 Å². The van der Waals surface area contributed by atoms with E-state index in [1.807, 2.05) is 0 Å². The third-order valence-corrected chi connectivity index (χ3v) is 1.90. The molecule has 0 spiro atoms. The Hall–Kier alpha value is -1.06. The molecule has 0 aromatic carbocycles. The molecular weight excluding hydrogens is 208 g/mol. The van der Waals surface area contributed by atoms with Crippen LogP contribution in [0.15, 0.2) is 0 Å². The van der Waals surface area contributed by atoms with Gasteiger partial charge < -0.3 is 9.47 Å². The van der Waals surface area contributed by atoms with Crippen molar-refractivity contribution < 1.29 is 19.1 Å². The quantitative estimate of drug-likeness (QED) is 0.657. The first-order chi connectivity index (χ1) is 7.32. The van der Waals surface area contributed by atoms with Crippen LogP contribution in [-0.2, 0) is 19.1 Å². The third kappa shape index (κ3) is 7.26. The molecule has 0 radical (unpaired) electrons. The van der Waals surface area contributed by atoms with Crippen molar-refractivity contribution in [2.45, 2.75) is 59.7 Å². The van der Waals surface area contributed by atoms with Crippen molar-refractivity contribution in [1.82, 2.24) is 0 Å². The van der Waals surface area contributed by atoms with Crippen LogP contribution in [-0.4, -0.2) is 24.1 Å². The minimum Gasteiger partial charge on any atom is -0.463 e. The Morgan fingerprint density at radius 3 is 1.88 bits per heavy atom. The topological polar surface area (TPSA) is 52.6 Å². The number of ether oxygens (including phenoxy) is 2. The molecule has 0 N–H and O–H groups in total. The zero-order valence-electron chi connectivity index (χ0n) is 10.8. The van der Waals surface area contributed by atoms with Gasteiger partial charge in [0.25, 0.3) is 0 Å². The maximum Gasteiger partial charge on any atom is 0.308 e. The molecule has 0 fully saturated rings. The van der Waals surface area contributed by atoms with Crippen LogP contribution in [0.3, 0.4) is 0 Å². The molecule has 0 aliphatic heterocycles. The Morgan fingerprint density at radius 2 is 1.44 bits per heavy atom. The second-order valence-corrected chi connectivity index (χ2v) is 4.46. The SMILES string of the molecule is CC(C)OC(=O)CCC(C)C(=O)OC(C)C. The summed E-state index contributed by atoms with van der Waals surface area (Å²) in [5.74, 6) is -0.784. The largest absolute Gasteiger partial charge is 0.463 e. The van der Waals surface area contributed by atoms with E-state index in [0.717, 1.165) is 0 Å². The van der Waals surface area contributed by atoms with Crippen molar-refractivity contribution in [1.29, 1.82) is 0 Å². The fraction of sp³-hybridized carbons (Fsp3) is 0.833. The Kier molecular flexibility index (Phi) is 6.77. The zero-order valence-corrected chi connectivity index (χ0v) is 10.8. The first kappa shape index (κ1) is 14.9. The molecule has 4 nitrogen and oxygen atoms in total. The summed E-state index contributed by atoms with van der Waals surface area (Å²) < 4.78 is 10.0. The highest BCUT2D eigenvalue weighted by molar-refractivity contribution is 5.74. The van der Waals surface area contributed by atoms with Crippen LogP contribution >= 0.6 is 0 Å². The molecule has 0 saturated carbocycles. The minimum atomic E-state index is -0.265. The van der Waals surface area contributed by atoms with E-state index in [9.17, 15) is 9.59 Å². The van der Waals surface area contributed by atoms with Gasteiger partial charge in [-0.3, -0.25) is 9.59 Å². The highest BCUT2D eigenvalue weighted by Gasteiger charge is 2.17. The van der Waals surface area contributed by atoms with E-state index >= 15 is 0 Å². The maximum absolute atomic E-state index is 11.4. The number of hydrogen-bond acceptors (Lipinski definition) is 4. The molecule has 0 heterocycles. The van der Waals surface area contributed by atoms with Gasteiger partial charge in [-0.1, -0.05) is 6.92 Å². The molecule has 0 aliphatic rings. The Bertz CT molecular complexity index is 233. The van der Waals surface area contributed by atoms with Gasteiger partial charge in [-0.25, -0.2) is 0 Å². The summed E-state index contributed by atoms with van der Waals surface area (Å²) >= 11 is 0. The van der Waals surface area contributed by atoms with Gasteiger partial charge >= 0.3 is 11.9 Å². The number of hydrogen-bond donors (Lipinski definition) is 0. The van der Waals surface area contributed by atoms with Gasteiger partial charge in [0.15, 0.2) is 0 Å². The molecule has 0 aromatic rings. The highest BCUT2D eigenvalue weighted by atomic mass is 16.5. The lowest BCUT2D eigenvalue weighted by Crippen LogP contribution is -2.20. The predicted molar refractivity (Wildman–Crippen MR) is 60.9 cm³/mol. The van der Waals surface area contributed by atoms with Crippen LogP contribution < -0.4 is 0 Å². The summed E-state index contributed by atoms with van der Waals surface area (Å²) in [4.78, 5) is 22.6. The molecule has 0 aliphatic carbocycles. The summed E-state index contributed by atoms with van der Waals surface area (Å²) in [6.07, 6.45) is 0.506. The van der Waals surface area contributed by atoms with E-state index in [4.69, 9.17) is 9.47 Å². The molecule has 0 saturated heterocycles. The summed E-state index contributed by atoms with van der Waals surface area (Å²) in [6, 6.07) is 0. The number of esters is 2. The van der Waals surface area contributed by atoms with Gasteiger partial charge in [0.2, 0.25) is 0 Å². The average molecular weight is 230 g/mol. The highest BCUT2D eigenvalue weighted by Crippen LogP contribution is 2.10. The maximum atomic E-state index is 11.4. The molecule has 94 valence electrons. The standard InChI is InChI=1S/C12H22O4/c1-8(2)15-11(13)7-6-10(5)12(14)16-9(3)4/h8-10H,6-7H2,1-5H3. The summed E-state index contributed by atoms with van der Waals surface area (Å²) in [5, 5.41) is 0. The van der Waals surface area contributed by atoms with Crippen LogP contribution in [0, 0.1) is 5.92 Å². The van der Waals surface area contributed by atoms with Gasteiger partial charge in [0, 0.05) is 6.42 Å². The molecule has 1 atom stereocenters. The van der Waals surface area contributed by atoms with Crippen molar-refractivity contribution in [2.75, 3.05) is 0 Å². The zero-order chi connectivity index (χ0) is 12.7. The first-order valence-corrected chi connectivity index (χ1v) is 5.73. The molecule has 16 heavy (non-hydrogen) atoms. The smallest absolute Gasteiger partial charge is 0.308 e. The lowest BCUT2D eigenvalue weighted by atomic mass is 10.1. The fourth-order valence-electron chi connectivity index (χ4n) is 1.12. The van der Waals surface area contributed by atoms with Crippen LogP contribution in [0.1, 0.15) is 47.5 Å². The molecular formula is C12H22O4. The summed E-state index contributed by atoms with van der Waals surface area (Å²) in [5.41, 5.74) is 0. The molecule has 0 aromatic heterocycles. The Labute approximate surface area is 97.3 Å². The van der Waals surface area contributed by atoms with Crippen molar-refractivity contribution in [3.05, 3.63) is 0 Å². The van der Waals surface area contributed by atoms with Crippen LogP contribution in [0.25, 0.3) is 0 Å². The van der Waals surface area contributed by atoms with Crippen LogP contribution in [0.5, 0.6) is 0 Å².